The predicted octanol–water partition coefficient (Wildman–Crippen LogP) is 2.94. The van der Waals surface area contributed by atoms with Gasteiger partial charge in [-0.3, -0.25) is 0 Å². The van der Waals surface area contributed by atoms with Crippen LogP contribution in [0.25, 0.3) is 0 Å². The van der Waals surface area contributed by atoms with Gasteiger partial charge in [0.15, 0.2) is 0 Å². The fraction of sp³-hybridized carbons (Fsp3) is 0.727. The Balaban J connectivity index is 3.79. The van der Waals surface area contributed by atoms with Crippen molar-refractivity contribution in [2.45, 2.75) is 46.0 Å². The second-order valence-electron chi connectivity index (χ2n) is 5.65. The van der Waals surface area contributed by atoms with Crippen LogP contribution in [-0.4, -0.2) is 26.3 Å². The summed E-state index contributed by atoms with van der Waals surface area (Å²) in [5, 5.41) is 2.69. The van der Waals surface area contributed by atoms with Gasteiger partial charge in [0.05, 0.1) is 8.07 Å². The molecule has 0 unspecified atom stereocenters. The maximum absolute atomic E-state index is 11.2. The smallest absolute Gasteiger partial charge is 0.407 e. The van der Waals surface area contributed by atoms with Crippen LogP contribution in [0.5, 0.6) is 0 Å². The van der Waals surface area contributed by atoms with Gasteiger partial charge in [0.25, 0.3) is 0 Å². The van der Waals surface area contributed by atoms with E-state index in [0.29, 0.717) is 6.54 Å². The molecule has 0 aliphatic carbocycles. The third kappa shape index (κ3) is 11.2. The minimum Gasteiger partial charge on any atom is -0.444 e. The molecule has 0 aromatic rings. The van der Waals surface area contributed by atoms with Crippen molar-refractivity contribution in [3.63, 3.8) is 0 Å². The van der Waals surface area contributed by atoms with E-state index >= 15 is 0 Å². The van der Waals surface area contributed by atoms with Crippen LogP contribution >= 0.6 is 0 Å². The Labute approximate surface area is 93.9 Å². The first kappa shape index (κ1) is 14.2. The summed E-state index contributed by atoms with van der Waals surface area (Å²) in [6, 6.07) is 0. The third-order valence-electron chi connectivity index (χ3n) is 1.38. The Morgan fingerprint density at radius 3 is 2.27 bits per heavy atom. The molecule has 3 nitrogen and oxygen atoms in total. The van der Waals surface area contributed by atoms with Gasteiger partial charge in [-0.2, -0.15) is 0 Å². The van der Waals surface area contributed by atoms with E-state index in [4.69, 9.17) is 4.74 Å². The highest BCUT2D eigenvalue weighted by atomic mass is 28.3. The molecule has 15 heavy (non-hydrogen) atoms. The molecule has 0 heterocycles. The van der Waals surface area contributed by atoms with E-state index in [1.54, 1.807) is 0 Å². The number of amides is 1. The number of alkyl carbamates (subject to hydrolysis) is 1. The lowest BCUT2D eigenvalue weighted by atomic mass is 10.2. The second kappa shape index (κ2) is 5.35. The molecule has 1 N–H and O–H groups in total. The van der Waals surface area contributed by atoms with Crippen LogP contribution in [0.1, 0.15) is 20.8 Å². The van der Waals surface area contributed by atoms with Crippen LogP contribution in [0.3, 0.4) is 0 Å². The summed E-state index contributed by atoms with van der Waals surface area (Å²) < 4.78 is 5.10. The van der Waals surface area contributed by atoms with Crippen LogP contribution in [0.2, 0.25) is 19.6 Å². The summed E-state index contributed by atoms with van der Waals surface area (Å²) in [5.74, 6) is 0. The first-order valence-electron chi connectivity index (χ1n) is 5.25. The van der Waals surface area contributed by atoms with Gasteiger partial charge in [-0.25, -0.2) is 4.79 Å². The quantitative estimate of drug-likeness (QED) is 0.756. The Bertz CT molecular complexity index is 236. The van der Waals surface area contributed by atoms with Crippen LogP contribution in [0, 0.1) is 0 Å². The van der Waals surface area contributed by atoms with Gasteiger partial charge in [0.1, 0.15) is 5.60 Å². The van der Waals surface area contributed by atoms with Crippen molar-refractivity contribution < 1.29 is 9.53 Å². The molecule has 0 saturated heterocycles. The van der Waals surface area contributed by atoms with Crippen LogP contribution in [0.4, 0.5) is 4.79 Å². The number of carbonyl (C=O) groups is 1. The van der Waals surface area contributed by atoms with Crippen molar-refractivity contribution in [1.82, 2.24) is 5.32 Å². The van der Waals surface area contributed by atoms with E-state index < -0.39 is 13.7 Å². The summed E-state index contributed by atoms with van der Waals surface area (Å²) in [6.45, 7) is 12.8. The maximum atomic E-state index is 11.2. The van der Waals surface area contributed by atoms with E-state index in [1.165, 1.54) is 0 Å². The van der Waals surface area contributed by atoms with Gasteiger partial charge in [-0.15, -0.1) is 0 Å². The van der Waals surface area contributed by atoms with Gasteiger partial charge < -0.3 is 10.1 Å². The van der Waals surface area contributed by atoms with Crippen LogP contribution in [0.15, 0.2) is 11.8 Å². The Kier molecular flexibility index (Phi) is 5.07. The maximum Gasteiger partial charge on any atom is 0.407 e. The number of carbonyl (C=O) groups excluding carboxylic acids is 1. The highest BCUT2D eigenvalue weighted by Crippen LogP contribution is 2.06. The molecule has 4 heteroatoms. The fourth-order valence-electron chi connectivity index (χ4n) is 0.869. The molecule has 0 atom stereocenters. The van der Waals surface area contributed by atoms with Crippen LogP contribution in [-0.2, 0) is 4.74 Å². The van der Waals surface area contributed by atoms with Crippen molar-refractivity contribution >= 4 is 14.2 Å². The SMILES string of the molecule is CC(C)(C)OC(=O)NCC=C[Si](C)(C)C. The number of hydrogen-bond donors (Lipinski definition) is 1. The summed E-state index contributed by atoms with van der Waals surface area (Å²) in [7, 11) is -1.15. The fourth-order valence-corrected chi connectivity index (χ4v) is 1.69. The Morgan fingerprint density at radius 2 is 1.87 bits per heavy atom. The molecule has 0 spiro atoms. The lowest BCUT2D eigenvalue weighted by molar-refractivity contribution is 0.0534. The third-order valence-corrected chi connectivity index (χ3v) is 2.62. The molecule has 0 rings (SSSR count). The minimum atomic E-state index is -1.15. The van der Waals surface area contributed by atoms with Gasteiger partial charge in [-0.1, -0.05) is 31.4 Å². The zero-order valence-electron chi connectivity index (χ0n) is 10.7. The van der Waals surface area contributed by atoms with Gasteiger partial charge >= 0.3 is 6.09 Å². The zero-order chi connectivity index (χ0) is 12.1. The van der Waals surface area contributed by atoms with Crippen LogP contribution < -0.4 is 5.32 Å². The molecular weight excluding hydrogens is 206 g/mol. The summed E-state index contributed by atoms with van der Waals surface area (Å²) in [4.78, 5) is 11.2. The monoisotopic (exact) mass is 229 g/mol. The van der Waals surface area contributed by atoms with E-state index in [9.17, 15) is 4.79 Å². The van der Waals surface area contributed by atoms with Crippen molar-refractivity contribution in [3.05, 3.63) is 11.8 Å². The summed E-state index contributed by atoms with van der Waals surface area (Å²) >= 11 is 0. The molecule has 88 valence electrons. The molecule has 1 amide bonds. The lowest BCUT2D eigenvalue weighted by Gasteiger charge is -2.19. The molecule has 0 aliphatic rings. The summed E-state index contributed by atoms with van der Waals surface area (Å²) in [5.41, 5.74) is 1.77. The molecule has 0 fully saturated rings. The Morgan fingerprint density at radius 1 is 1.33 bits per heavy atom. The average molecular weight is 229 g/mol. The number of nitrogens with one attached hydrogen (secondary N) is 1. The van der Waals surface area contributed by atoms with Crippen molar-refractivity contribution in [1.29, 1.82) is 0 Å². The first-order valence-corrected chi connectivity index (χ1v) is 8.82. The van der Waals surface area contributed by atoms with Crippen molar-refractivity contribution in [3.8, 4) is 0 Å². The molecule has 0 radical (unpaired) electrons. The highest BCUT2D eigenvalue weighted by molar-refractivity contribution is 6.80. The molecular formula is C11H23NO2Si. The van der Waals surface area contributed by atoms with Gasteiger partial charge in [0.2, 0.25) is 0 Å². The van der Waals surface area contributed by atoms with Crippen molar-refractivity contribution in [2.24, 2.45) is 0 Å². The highest BCUT2D eigenvalue weighted by Gasteiger charge is 2.15. The topological polar surface area (TPSA) is 38.3 Å². The first-order chi connectivity index (χ1) is 6.60. The molecule has 0 saturated carbocycles. The Hall–Kier alpha value is -0.773. The number of rotatable bonds is 3. The summed E-state index contributed by atoms with van der Waals surface area (Å²) in [6.07, 6.45) is 1.64. The van der Waals surface area contributed by atoms with E-state index in [-0.39, 0.29) is 6.09 Å². The zero-order valence-corrected chi connectivity index (χ0v) is 11.7. The molecule has 0 aliphatic heterocycles. The van der Waals surface area contributed by atoms with Gasteiger partial charge in [-0.05, 0) is 20.8 Å². The van der Waals surface area contributed by atoms with E-state index in [1.807, 2.05) is 26.8 Å². The van der Waals surface area contributed by atoms with E-state index in [2.05, 4.69) is 30.7 Å². The number of hydrogen-bond acceptors (Lipinski definition) is 2. The van der Waals surface area contributed by atoms with Gasteiger partial charge in [0, 0.05) is 6.54 Å². The standard InChI is InChI=1S/C11H23NO2Si/c1-11(2,3)14-10(13)12-8-7-9-15(4,5)6/h7,9H,8H2,1-6H3,(H,12,13). The van der Waals surface area contributed by atoms with E-state index in [0.717, 1.165) is 0 Å². The normalized spacial score (nSPS) is 12.9. The number of ether oxygens (including phenoxy) is 1. The molecule has 0 aromatic carbocycles. The average Bonchev–Trinajstić information content (AvgIpc) is 1.92. The molecule has 0 bridgehead atoms. The van der Waals surface area contributed by atoms with Crippen molar-refractivity contribution in [2.75, 3.05) is 6.54 Å². The second-order valence-corrected chi connectivity index (χ2v) is 10.7. The minimum absolute atomic E-state index is 0.359. The lowest BCUT2D eigenvalue weighted by Crippen LogP contribution is -2.32. The predicted molar refractivity (Wildman–Crippen MR) is 66.7 cm³/mol. The molecule has 0 aromatic heterocycles. The largest absolute Gasteiger partial charge is 0.444 e.